The maximum absolute atomic E-state index is 5.88. The second kappa shape index (κ2) is 11.8. The van der Waals surface area contributed by atoms with Gasteiger partial charge in [0, 0.05) is 49.1 Å². The minimum atomic E-state index is -0.0993. The van der Waals surface area contributed by atoms with Crippen molar-refractivity contribution in [3.8, 4) is 0 Å². The third kappa shape index (κ3) is 4.62. The van der Waals surface area contributed by atoms with Gasteiger partial charge in [-0.3, -0.25) is 4.40 Å². The van der Waals surface area contributed by atoms with Crippen LogP contribution in [-0.4, -0.2) is 13.8 Å². The molecule has 292 valence electrons. The zero-order valence-corrected chi connectivity index (χ0v) is 35.3. The molecule has 0 aliphatic carbocycles. The van der Waals surface area contributed by atoms with Crippen LogP contribution < -0.4 is 4.90 Å². The average molecular weight is 785 g/mol. The monoisotopic (exact) mass is 784 g/mol. The molecule has 4 heteroatoms. The van der Waals surface area contributed by atoms with Gasteiger partial charge in [0.15, 0.2) is 0 Å². The fourth-order valence-electron chi connectivity index (χ4n) is 10.6. The van der Waals surface area contributed by atoms with Crippen LogP contribution in [0.15, 0.2) is 158 Å². The molecule has 0 aliphatic heterocycles. The molecule has 13 rings (SSSR count). The van der Waals surface area contributed by atoms with Gasteiger partial charge in [-0.2, -0.15) is 0 Å². The van der Waals surface area contributed by atoms with Crippen LogP contribution in [0.1, 0.15) is 52.7 Å². The third-order valence-electron chi connectivity index (χ3n) is 13.6. The summed E-state index contributed by atoms with van der Waals surface area (Å²) in [5.74, 6) is 0. The largest absolute Gasteiger partial charge is 0.308 e. The highest BCUT2D eigenvalue weighted by Gasteiger charge is 2.30. The molecule has 5 heterocycles. The summed E-state index contributed by atoms with van der Waals surface area (Å²) in [6.45, 7) is 13.9. The second-order valence-electron chi connectivity index (χ2n) is 19.3. The molecular formula is C57H44N4. The van der Waals surface area contributed by atoms with E-state index in [1.54, 1.807) is 0 Å². The molecule has 0 radical (unpaired) electrons. The highest BCUT2D eigenvalue weighted by molar-refractivity contribution is 6.35. The second-order valence-corrected chi connectivity index (χ2v) is 19.3. The van der Waals surface area contributed by atoms with Crippen molar-refractivity contribution in [1.29, 1.82) is 0 Å². The van der Waals surface area contributed by atoms with Crippen molar-refractivity contribution in [2.24, 2.45) is 0 Å². The van der Waals surface area contributed by atoms with Crippen LogP contribution in [0, 0.1) is 0 Å². The summed E-state index contributed by atoms with van der Waals surface area (Å²) in [7, 11) is 0. The first-order valence-electron chi connectivity index (χ1n) is 21.6. The lowest BCUT2D eigenvalue weighted by molar-refractivity contribution is 0.591. The van der Waals surface area contributed by atoms with Crippen molar-refractivity contribution in [2.75, 3.05) is 4.90 Å². The number of pyridine rings is 1. The van der Waals surface area contributed by atoms with Crippen LogP contribution in [0.4, 0.5) is 17.1 Å². The normalized spacial score (nSPS) is 13.1. The quantitative estimate of drug-likeness (QED) is 0.178. The van der Waals surface area contributed by atoms with E-state index in [1.807, 2.05) is 0 Å². The van der Waals surface area contributed by atoms with E-state index in [1.165, 1.54) is 92.4 Å². The molecule has 0 atom stereocenters. The van der Waals surface area contributed by atoms with Crippen molar-refractivity contribution in [2.45, 2.75) is 52.4 Å². The Balaban J connectivity index is 1.28. The summed E-state index contributed by atoms with van der Waals surface area (Å²) < 4.78 is 5.03. The van der Waals surface area contributed by atoms with Crippen LogP contribution in [0.25, 0.3) is 98.0 Å². The molecule has 61 heavy (non-hydrogen) atoms. The lowest BCUT2D eigenvalue weighted by Gasteiger charge is -2.29. The van der Waals surface area contributed by atoms with Gasteiger partial charge < -0.3 is 9.30 Å². The number of rotatable bonds is 3. The lowest BCUT2D eigenvalue weighted by Crippen LogP contribution is -2.15. The third-order valence-corrected chi connectivity index (χ3v) is 13.6. The molecular weight excluding hydrogens is 741 g/mol. The average Bonchev–Trinajstić information content (AvgIpc) is 3.98. The standard InChI is InChI=1S/C57H44N4/c1-56(2,3)35-25-26-46-41(29-35)42-27-33-17-13-16-24-40(33)50-44-32-47-51(58-55(44)61(46)53(42)50)45-28-34-18-14-15-23-39(34)49-43-30-36(57(4,5)6)31-48(52(43)60(47)54(45)49)59(37-19-9-7-10-20-37)38-21-11-8-12-22-38/h7-32H,1-6H3. The van der Waals surface area contributed by atoms with Crippen molar-refractivity contribution in [3.05, 3.63) is 169 Å². The Kier molecular flexibility index (Phi) is 6.69. The van der Waals surface area contributed by atoms with Gasteiger partial charge in [-0.25, -0.2) is 4.98 Å². The summed E-state index contributed by atoms with van der Waals surface area (Å²) in [6, 6.07) is 58.8. The number of fused-ring (bicyclic) bond motifs is 16. The van der Waals surface area contributed by atoms with Crippen LogP contribution in [0.3, 0.4) is 0 Å². The Morgan fingerprint density at radius 3 is 1.61 bits per heavy atom. The molecule has 0 spiro atoms. The Hall–Kier alpha value is -7.17. The molecule has 0 aliphatic rings. The van der Waals surface area contributed by atoms with E-state index >= 15 is 0 Å². The number of benzene rings is 8. The summed E-state index contributed by atoms with van der Waals surface area (Å²) in [5.41, 5.74) is 14.0. The van der Waals surface area contributed by atoms with Gasteiger partial charge in [-0.05, 0) is 110 Å². The minimum absolute atomic E-state index is 0.0319. The van der Waals surface area contributed by atoms with Gasteiger partial charge >= 0.3 is 0 Å². The zero-order chi connectivity index (χ0) is 41.1. The minimum Gasteiger partial charge on any atom is -0.308 e. The summed E-state index contributed by atoms with van der Waals surface area (Å²) >= 11 is 0. The van der Waals surface area contributed by atoms with E-state index in [-0.39, 0.29) is 10.8 Å². The Labute approximate surface area is 353 Å². The van der Waals surface area contributed by atoms with Gasteiger partial charge in [0.2, 0.25) is 0 Å². The number of nitrogens with zero attached hydrogens (tertiary/aromatic N) is 4. The molecule has 0 saturated heterocycles. The first-order chi connectivity index (χ1) is 29.5. The molecule has 5 aromatic heterocycles. The molecule has 0 unspecified atom stereocenters. The van der Waals surface area contributed by atoms with E-state index in [4.69, 9.17) is 4.98 Å². The smallest absolute Gasteiger partial charge is 0.146 e. The maximum atomic E-state index is 5.88. The number of hydrogen-bond acceptors (Lipinski definition) is 2. The Morgan fingerprint density at radius 2 is 0.967 bits per heavy atom. The van der Waals surface area contributed by atoms with Crippen LogP contribution in [-0.2, 0) is 10.8 Å². The lowest BCUT2D eigenvalue weighted by atomic mass is 9.85. The number of anilines is 3. The summed E-state index contributed by atoms with van der Waals surface area (Å²) in [5, 5.41) is 13.7. The van der Waals surface area contributed by atoms with Crippen molar-refractivity contribution < 1.29 is 0 Å². The van der Waals surface area contributed by atoms with Crippen molar-refractivity contribution in [3.63, 3.8) is 0 Å². The molecule has 0 N–H and O–H groups in total. The first-order valence-corrected chi connectivity index (χ1v) is 21.6. The number of aromatic nitrogens is 3. The highest BCUT2D eigenvalue weighted by Crippen LogP contribution is 2.51. The molecule has 13 aromatic rings. The first kappa shape index (κ1) is 34.7. The molecule has 4 nitrogen and oxygen atoms in total. The van der Waals surface area contributed by atoms with Crippen LogP contribution >= 0.6 is 0 Å². The topological polar surface area (TPSA) is 24.9 Å². The SMILES string of the molecule is CC(C)(C)c1ccc2c(c1)c1cc3ccccc3c3c4cc5c(nc4n2c13)c1cc2ccccc2c2c3cc(C(C)(C)C)cc(N(c4ccccc4)c4ccccc4)c3n5c12. The van der Waals surface area contributed by atoms with E-state index in [9.17, 15) is 0 Å². The zero-order valence-electron chi connectivity index (χ0n) is 35.3. The van der Waals surface area contributed by atoms with Gasteiger partial charge in [0.25, 0.3) is 0 Å². The Morgan fingerprint density at radius 1 is 0.410 bits per heavy atom. The van der Waals surface area contributed by atoms with Crippen molar-refractivity contribution >= 4 is 115 Å². The molecule has 0 bridgehead atoms. The van der Waals surface area contributed by atoms with E-state index in [2.05, 4.69) is 213 Å². The van der Waals surface area contributed by atoms with Gasteiger partial charge in [-0.15, -0.1) is 0 Å². The predicted molar refractivity (Wildman–Crippen MR) is 261 cm³/mol. The number of hydrogen-bond donors (Lipinski definition) is 0. The summed E-state index contributed by atoms with van der Waals surface area (Å²) in [4.78, 5) is 8.33. The van der Waals surface area contributed by atoms with E-state index < -0.39 is 0 Å². The van der Waals surface area contributed by atoms with Gasteiger partial charge in [-0.1, -0.05) is 133 Å². The number of para-hydroxylation sites is 2. The fraction of sp³-hybridized carbons (Fsp3) is 0.140. The molecule has 0 saturated carbocycles. The fourth-order valence-corrected chi connectivity index (χ4v) is 10.6. The van der Waals surface area contributed by atoms with Crippen LogP contribution in [0.2, 0.25) is 0 Å². The van der Waals surface area contributed by atoms with Gasteiger partial charge in [0.05, 0.1) is 38.8 Å². The van der Waals surface area contributed by atoms with E-state index in [0.717, 1.165) is 33.7 Å². The van der Waals surface area contributed by atoms with Crippen molar-refractivity contribution in [1.82, 2.24) is 13.8 Å². The van der Waals surface area contributed by atoms with Gasteiger partial charge in [0.1, 0.15) is 5.65 Å². The van der Waals surface area contributed by atoms with E-state index in [0.29, 0.717) is 0 Å². The summed E-state index contributed by atoms with van der Waals surface area (Å²) in [6.07, 6.45) is 0. The molecule has 0 amide bonds. The Bertz CT molecular complexity index is 3890. The molecule has 8 aromatic carbocycles. The maximum Gasteiger partial charge on any atom is 0.146 e. The molecule has 0 fully saturated rings. The highest BCUT2D eigenvalue weighted by atomic mass is 15.2. The predicted octanol–water partition coefficient (Wildman–Crippen LogP) is 15.8. The van der Waals surface area contributed by atoms with Crippen LogP contribution in [0.5, 0.6) is 0 Å².